The van der Waals surface area contributed by atoms with E-state index in [0.29, 0.717) is 22.8 Å². The SMILES string of the molecule is COc1ccc(CC2SC(=C(C#N)C(=O)Nc3cccc(C)c3C)N(c3ccccc3)C2=O)cc1. The molecule has 0 aliphatic carbocycles. The monoisotopic (exact) mass is 483 g/mol. The Bertz CT molecular complexity index is 1330. The van der Waals surface area contributed by atoms with Crippen LogP contribution in [0.15, 0.2) is 83.4 Å². The molecule has 1 unspecified atom stereocenters. The molecular formula is C28H25N3O3S. The van der Waals surface area contributed by atoms with Gasteiger partial charge in [0.05, 0.1) is 12.4 Å². The van der Waals surface area contributed by atoms with E-state index in [1.165, 1.54) is 16.7 Å². The highest BCUT2D eigenvalue weighted by Crippen LogP contribution is 2.42. The zero-order chi connectivity index (χ0) is 24.9. The maximum atomic E-state index is 13.5. The molecule has 0 bridgehead atoms. The summed E-state index contributed by atoms with van der Waals surface area (Å²) in [4.78, 5) is 28.3. The summed E-state index contributed by atoms with van der Waals surface area (Å²) in [5.74, 6) is 0.0300. The van der Waals surface area contributed by atoms with Gasteiger partial charge in [0, 0.05) is 11.4 Å². The van der Waals surface area contributed by atoms with Crippen molar-refractivity contribution in [3.8, 4) is 11.8 Å². The number of methoxy groups -OCH3 is 1. The number of nitrogens with zero attached hydrogens (tertiary/aromatic N) is 2. The summed E-state index contributed by atoms with van der Waals surface area (Å²) in [6, 6.07) is 24.3. The van der Waals surface area contributed by atoms with Crippen LogP contribution < -0.4 is 15.0 Å². The number of anilines is 2. The van der Waals surface area contributed by atoms with Crippen LogP contribution in [0, 0.1) is 25.2 Å². The van der Waals surface area contributed by atoms with E-state index in [1.54, 1.807) is 25.3 Å². The Morgan fingerprint density at radius 2 is 1.77 bits per heavy atom. The molecule has 4 rings (SSSR count). The average molecular weight is 484 g/mol. The second-order valence-corrected chi connectivity index (χ2v) is 9.35. The highest BCUT2D eigenvalue weighted by Gasteiger charge is 2.40. The number of thioether (sulfide) groups is 1. The smallest absolute Gasteiger partial charge is 0.269 e. The molecule has 1 N–H and O–H groups in total. The van der Waals surface area contributed by atoms with Crippen molar-refractivity contribution in [3.05, 3.63) is 100 Å². The second kappa shape index (κ2) is 10.5. The lowest BCUT2D eigenvalue weighted by Gasteiger charge is -2.19. The van der Waals surface area contributed by atoms with Gasteiger partial charge in [0.2, 0.25) is 5.91 Å². The summed E-state index contributed by atoms with van der Waals surface area (Å²) >= 11 is 1.25. The lowest BCUT2D eigenvalue weighted by atomic mass is 10.1. The van der Waals surface area contributed by atoms with Crippen LogP contribution >= 0.6 is 11.8 Å². The number of aryl methyl sites for hydroxylation is 1. The number of amides is 2. The zero-order valence-electron chi connectivity index (χ0n) is 19.7. The number of benzene rings is 3. The van der Waals surface area contributed by atoms with Crippen molar-refractivity contribution in [2.75, 3.05) is 17.3 Å². The molecule has 1 fully saturated rings. The lowest BCUT2D eigenvalue weighted by molar-refractivity contribution is -0.117. The van der Waals surface area contributed by atoms with E-state index in [1.807, 2.05) is 68.4 Å². The number of carbonyl (C=O) groups excluding carboxylic acids is 2. The van der Waals surface area contributed by atoms with Crippen LogP contribution in [0.5, 0.6) is 5.75 Å². The van der Waals surface area contributed by atoms with Crippen molar-refractivity contribution in [2.45, 2.75) is 25.5 Å². The first-order valence-electron chi connectivity index (χ1n) is 11.1. The molecule has 6 nitrogen and oxygen atoms in total. The third kappa shape index (κ3) is 5.08. The second-order valence-electron chi connectivity index (χ2n) is 8.16. The van der Waals surface area contributed by atoms with Gasteiger partial charge in [0.15, 0.2) is 0 Å². The van der Waals surface area contributed by atoms with Gasteiger partial charge in [-0.05, 0) is 67.3 Å². The lowest BCUT2D eigenvalue weighted by Crippen LogP contribution is -2.30. The number of hydrogen-bond acceptors (Lipinski definition) is 5. The van der Waals surface area contributed by atoms with Gasteiger partial charge in [-0.3, -0.25) is 14.5 Å². The molecule has 35 heavy (non-hydrogen) atoms. The third-order valence-electron chi connectivity index (χ3n) is 5.95. The van der Waals surface area contributed by atoms with Crippen LogP contribution in [0.1, 0.15) is 16.7 Å². The minimum atomic E-state index is -0.539. The fraction of sp³-hybridized carbons (Fsp3) is 0.179. The Morgan fingerprint density at radius 1 is 1.06 bits per heavy atom. The predicted molar refractivity (Wildman–Crippen MR) is 139 cm³/mol. The van der Waals surface area contributed by atoms with Crippen molar-refractivity contribution in [2.24, 2.45) is 0 Å². The molecule has 0 radical (unpaired) electrons. The molecule has 176 valence electrons. The third-order valence-corrected chi connectivity index (χ3v) is 7.22. The molecule has 0 saturated carbocycles. The van der Waals surface area contributed by atoms with Crippen molar-refractivity contribution in [3.63, 3.8) is 0 Å². The molecule has 3 aromatic rings. The van der Waals surface area contributed by atoms with E-state index in [-0.39, 0.29) is 11.5 Å². The Kier molecular flexibility index (Phi) is 7.23. The maximum absolute atomic E-state index is 13.5. The first-order chi connectivity index (χ1) is 16.9. The number of nitriles is 1. The summed E-state index contributed by atoms with van der Waals surface area (Å²) in [6.45, 7) is 3.88. The number of carbonyl (C=O) groups is 2. The van der Waals surface area contributed by atoms with Gasteiger partial charge < -0.3 is 10.1 Å². The normalized spacial score (nSPS) is 16.6. The van der Waals surface area contributed by atoms with Crippen molar-refractivity contribution in [1.29, 1.82) is 5.26 Å². The Hall–Kier alpha value is -4.02. The van der Waals surface area contributed by atoms with Crippen LogP contribution in [0.2, 0.25) is 0 Å². The summed E-state index contributed by atoms with van der Waals surface area (Å²) in [5, 5.41) is 12.7. The molecule has 2 amide bonds. The number of para-hydroxylation sites is 1. The molecule has 3 aromatic carbocycles. The topological polar surface area (TPSA) is 82.4 Å². The van der Waals surface area contributed by atoms with Gasteiger partial charge in [0.25, 0.3) is 5.91 Å². The number of hydrogen-bond donors (Lipinski definition) is 1. The minimum absolute atomic E-state index is 0.0923. The molecule has 1 atom stereocenters. The number of nitrogens with one attached hydrogen (secondary N) is 1. The van der Waals surface area contributed by atoms with Crippen LogP contribution in [-0.2, 0) is 16.0 Å². The fourth-order valence-corrected chi connectivity index (χ4v) is 5.15. The molecular weight excluding hydrogens is 458 g/mol. The van der Waals surface area contributed by atoms with Crippen LogP contribution in [0.3, 0.4) is 0 Å². The van der Waals surface area contributed by atoms with Crippen molar-refractivity contribution in [1.82, 2.24) is 0 Å². The first-order valence-corrected chi connectivity index (χ1v) is 12.0. The van der Waals surface area contributed by atoms with Crippen LogP contribution in [0.4, 0.5) is 11.4 Å². The van der Waals surface area contributed by atoms with E-state index in [4.69, 9.17) is 4.74 Å². The van der Waals surface area contributed by atoms with Gasteiger partial charge >= 0.3 is 0 Å². The van der Waals surface area contributed by atoms with E-state index < -0.39 is 11.2 Å². The summed E-state index contributed by atoms with van der Waals surface area (Å²) in [6.07, 6.45) is 0.456. The average Bonchev–Trinajstić information content (AvgIpc) is 3.18. The van der Waals surface area contributed by atoms with Gasteiger partial charge in [-0.1, -0.05) is 54.2 Å². The van der Waals surface area contributed by atoms with E-state index >= 15 is 0 Å². The summed E-state index contributed by atoms with van der Waals surface area (Å²) in [5.41, 5.74) is 4.08. The molecule has 7 heteroatoms. The van der Waals surface area contributed by atoms with Gasteiger partial charge in [-0.25, -0.2) is 0 Å². The van der Waals surface area contributed by atoms with Gasteiger partial charge in [0.1, 0.15) is 22.4 Å². The number of rotatable bonds is 6. The Labute approximate surface area is 209 Å². The Morgan fingerprint density at radius 3 is 2.43 bits per heavy atom. The maximum Gasteiger partial charge on any atom is 0.269 e. The van der Waals surface area contributed by atoms with Gasteiger partial charge in [-0.2, -0.15) is 5.26 Å². The van der Waals surface area contributed by atoms with Crippen LogP contribution in [-0.4, -0.2) is 24.2 Å². The van der Waals surface area contributed by atoms with E-state index in [0.717, 1.165) is 22.4 Å². The fourth-order valence-electron chi connectivity index (χ4n) is 3.85. The standard InChI is InChI=1S/C28H25N3O3S/c1-18-8-7-11-24(19(18)2)30-26(32)23(17-29)28-31(21-9-5-4-6-10-21)27(33)25(35-28)16-20-12-14-22(34-3)15-13-20/h4-15,25H,16H2,1-3H3,(H,30,32). The molecule has 0 spiro atoms. The predicted octanol–water partition coefficient (Wildman–Crippen LogP) is 5.38. The van der Waals surface area contributed by atoms with Gasteiger partial charge in [-0.15, -0.1) is 0 Å². The van der Waals surface area contributed by atoms with E-state index in [2.05, 4.69) is 11.4 Å². The summed E-state index contributed by atoms with van der Waals surface area (Å²) < 4.78 is 5.22. The van der Waals surface area contributed by atoms with E-state index in [9.17, 15) is 14.9 Å². The Balaban J connectivity index is 1.70. The van der Waals surface area contributed by atoms with Crippen molar-refractivity contribution < 1.29 is 14.3 Å². The first kappa shape index (κ1) is 24.1. The molecule has 1 aliphatic rings. The number of ether oxygens (including phenoxy) is 1. The molecule has 1 aliphatic heterocycles. The van der Waals surface area contributed by atoms with Crippen molar-refractivity contribution >= 4 is 35.0 Å². The van der Waals surface area contributed by atoms with Crippen LogP contribution in [0.25, 0.3) is 0 Å². The highest BCUT2D eigenvalue weighted by molar-refractivity contribution is 8.05. The molecule has 0 aromatic heterocycles. The zero-order valence-corrected chi connectivity index (χ0v) is 20.6. The minimum Gasteiger partial charge on any atom is -0.497 e. The molecule has 1 heterocycles. The molecule has 1 saturated heterocycles. The highest BCUT2D eigenvalue weighted by atomic mass is 32.2. The largest absolute Gasteiger partial charge is 0.497 e. The summed E-state index contributed by atoms with van der Waals surface area (Å²) in [7, 11) is 1.60. The quantitative estimate of drug-likeness (QED) is 0.376.